The minimum atomic E-state index is -3.69. The van der Waals surface area contributed by atoms with Gasteiger partial charge in [0.05, 0.1) is 15.8 Å². The van der Waals surface area contributed by atoms with Gasteiger partial charge in [0.2, 0.25) is 21.8 Å². The molecule has 7 nitrogen and oxygen atoms in total. The van der Waals surface area contributed by atoms with E-state index >= 15 is 0 Å². The molecule has 1 atom stereocenters. The average Bonchev–Trinajstić information content (AvgIpc) is 2.83. The van der Waals surface area contributed by atoms with Crippen LogP contribution in [0.5, 0.6) is 0 Å². The molecule has 2 N–H and O–H groups in total. The van der Waals surface area contributed by atoms with Gasteiger partial charge in [-0.1, -0.05) is 30.3 Å². The normalized spacial score (nSPS) is 19.5. The number of thioether (sulfide) groups is 1. The smallest absolute Gasteiger partial charge is 0.243 e. The number of aryl methyl sites for hydroxylation is 1. The molecule has 0 aromatic heterocycles. The number of hydrogen-bond donors (Lipinski definition) is 2. The van der Waals surface area contributed by atoms with Gasteiger partial charge in [-0.05, 0) is 56.4 Å². The number of benzene rings is 2. The molecule has 1 unspecified atom stereocenters. The zero-order chi connectivity index (χ0) is 23.4. The Hall–Kier alpha value is -2.36. The molecule has 9 heteroatoms. The number of hydrogen-bond acceptors (Lipinski definition) is 5. The summed E-state index contributed by atoms with van der Waals surface area (Å²) in [5, 5.41) is 5.58. The number of sulfonamides is 1. The van der Waals surface area contributed by atoms with E-state index in [0.29, 0.717) is 38.2 Å². The standard InChI is InChI=1S/C24H29N3O4S2/c1-17-23(28)26-21-16-20(9-10-22(21)32-17)33(30,31)27-14-11-19(12-15-27)24(29)25-13-5-8-18-6-3-2-4-7-18/h2-4,6-7,9-10,16-17,19H,5,8,11-15H2,1H3,(H,25,29)(H,26,28). The lowest BCUT2D eigenvalue weighted by Gasteiger charge is -2.31. The number of carbonyl (C=O) groups is 2. The first kappa shape index (κ1) is 23.8. The SMILES string of the molecule is CC1Sc2ccc(S(=O)(=O)N3CCC(C(=O)NCCCc4ccccc4)CC3)cc2NC1=O. The van der Waals surface area contributed by atoms with Gasteiger partial charge in [-0.15, -0.1) is 11.8 Å². The first-order chi connectivity index (χ1) is 15.8. The van der Waals surface area contributed by atoms with Crippen LogP contribution >= 0.6 is 11.8 Å². The van der Waals surface area contributed by atoms with Crippen LogP contribution in [0.3, 0.4) is 0 Å². The van der Waals surface area contributed by atoms with Crippen molar-refractivity contribution in [2.75, 3.05) is 25.0 Å². The molecule has 2 aliphatic rings. The molecular formula is C24H29N3O4S2. The van der Waals surface area contributed by atoms with Crippen LogP contribution in [0.25, 0.3) is 0 Å². The molecule has 2 aromatic carbocycles. The summed E-state index contributed by atoms with van der Waals surface area (Å²) >= 11 is 1.42. The van der Waals surface area contributed by atoms with E-state index in [1.54, 1.807) is 12.1 Å². The molecule has 0 spiro atoms. The van der Waals surface area contributed by atoms with Crippen molar-refractivity contribution in [1.29, 1.82) is 0 Å². The number of nitrogens with zero attached hydrogens (tertiary/aromatic N) is 1. The van der Waals surface area contributed by atoms with E-state index in [1.165, 1.54) is 27.7 Å². The highest BCUT2D eigenvalue weighted by molar-refractivity contribution is 8.01. The highest BCUT2D eigenvalue weighted by atomic mass is 32.2. The van der Waals surface area contributed by atoms with Crippen molar-refractivity contribution in [2.45, 2.75) is 47.6 Å². The molecule has 1 fully saturated rings. The number of nitrogens with one attached hydrogen (secondary N) is 2. The van der Waals surface area contributed by atoms with Gasteiger partial charge in [-0.2, -0.15) is 4.31 Å². The Morgan fingerprint density at radius 3 is 2.61 bits per heavy atom. The third-order valence-electron chi connectivity index (χ3n) is 6.13. The number of carbonyl (C=O) groups excluding carboxylic acids is 2. The molecule has 0 bridgehead atoms. The molecule has 0 radical (unpaired) electrons. The van der Waals surface area contributed by atoms with Gasteiger partial charge in [0.15, 0.2) is 0 Å². The van der Waals surface area contributed by atoms with Crippen LogP contribution in [-0.4, -0.2) is 49.4 Å². The summed E-state index contributed by atoms with van der Waals surface area (Å²) in [6, 6.07) is 15.0. The molecule has 2 heterocycles. The first-order valence-corrected chi connectivity index (χ1v) is 13.6. The minimum absolute atomic E-state index is 0.00254. The highest BCUT2D eigenvalue weighted by Crippen LogP contribution is 2.37. The van der Waals surface area contributed by atoms with Gasteiger partial charge in [0, 0.05) is 30.4 Å². The topological polar surface area (TPSA) is 95.6 Å². The second-order valence-corrected chi connectivity index (χ2v) is 11.8. The Balaban J connectivity index is 1.28. The van der Waals surface area contributed by atoms with Crippen LogP contribution in [0.4, 0.5) is 5.69 Å². The van der Waals surface area contributed by atoms with E-state index in [2.05, 4.69) is 22.8 Å². The predicted octanol–water partition coefficient (Wildman–Crippen LogP) is 3.27. The van der Waals surface area contributed by atoms with Gasteiger partial charge in [-0.25, -0.2) is 8.42 Å². The summed E-state index contributed by atoms with van der Waals surface area (Å²) in [4.78, 5) is 25.5. The number of fused-ring (bicyclic) bond motifs is 1. The van der Waals surface area contributed by atoms with Crippen molar-refractivity contribution in [3.05, 3.63) is 54.1 Å². The number of anilines is 1. The average molecular weight is 488 g/mol. The first-order valence-electron chi connectivity index (χ1n) is 11.3. The largest absolute Gasteiger partial charge is 0.356 e. The summed E-state index contributed by atoms with van der Waals surface area (Å²) in [5.41, 5.74) is 1.79. The molecule has 1 saturated heterocycles. The lowest BCUT2D eigenvalue weighted by atomic mass is 9.97. The van der Waals surface area contributed by atoms with Gasteiger partial charge in [-0.3, -0.25) is 9.59 Å². The minimum Gasteiger partial charge on any atom is -0.356 e. The second-order valence-electron chi connectivity index (χ2n) is 8.47. The molecule has 33 heavy (non-hydrogen) atoms. The fourth-order valence-corrected chi connectivity index (χ4v) is 6.58. The Morgan fingerprint density at radius 2 is 1.88 bits per heavy atom. The summed E-state index contributed by atoms with van der Waals surface area (Å²) in [5.74, 6) is -0.297. The molecular weight excluding hydrogens is 458 g/mol. The summed E-state index contributed by atoms with van der Waals surface area (Å²) in [6.45, 7) is 3.04. The third-order valence-corrected chi connectivity index (χ3v) is 9.20. The van der Waals surface area contributed by atoms with E-state index < -0.39 is 10.0 Å². The Bertz CT molecular complexity index is 1110. The second kappa shape index (κ2) is 10.3. The van der Waals surface area contributed by atoms with Crippen LogP contribution in [0.2, 0.25) is 0 Å². The number of amides is 2. The van der Waals surface area contributed by atoms with E-state index in [9.17, 15) is 18.0 Å². The molecule has 0 saturated carbocycles. The van der Waals surface area contributed by atoms with Gasteiger partial charge in [0.1, 0.15) is 0 Å². The Labute approximate surface area is 199 Å². The third kappa shape index (κ3) is 5.59. The van der Waals surface area contributed by atoms with Crippen LogP contribution in [-0.2, 0) is 26.0 Å². The van der Waals surface area contributed by atoms with E-state index in [1.807, 2.05) is 25.1 Å². The Morgan fingerprint density at radius 1 is 1.15 bits per heavy atom. The summed E-state index contributed by atoms with van der Waals surface area (Å²) < 4.78 is 27.7. The van der Waals surface area contributed by atoms with Crippen molar-refractivity contribution in [1.82, 2.24) is 9.62 Å². The van der Waals surface area contributed by atoms with Crippen molar-refractivity contribution < 1.29 is 18.0 Å². The van der Waals surface area contributed by atoms with E-state index in [0.717, 1.165) is 17.7 Å². The zero-order valence-corrected chi connectivity index (χ0v) is 20.3. The van der Waals surface area contributed by atoms with Crippen LogP contribution in [0.15, 0.2) is 58.3 Å². The van der Waals surface area contributed by atoms with Gasteiger partial charge >= 0.3 is 0 Å². The number of rotatable bonds is 7. The van der Waals surface area contributed by atoms with Crippen molar-refractivity contribution in [2.24, 2.45) is 5.92 Å². The fraction of sp³-hybridized carbons (Fsp3) is 0.417. The molecule has 2 aliphatic heterocycles. The molecule has 176 valence electrons. The zero-order valence-electron chi connectivity index (χ0n) is 18.6. The van der Waals surface area contributed by atoms with Gasteiger partial charge in [0.25, 0.3) is 0 Å². The van der Waals surface area contributed by atoms with Gasteiger partial charge < -0.3 is 10.6 Å². The maximum Gasteiger partial charge on any atom is 0.243 e. The van der Waals surface area contributed by atoms with Crippen LogP contribution in [0.1, 0.15) is 31.7 Å². The summed E-state index contributed by atoms with van der Waals surface area (Å²) in [6.07, 6.45) is 2.78. The molecule has 0 aliphatic carbocycles. The lowest BCUT2D eigenvalue weighted by molar-refractivity contribution is -0.126. The molecule has 2 aromatic rings. The Kier molecular flexibility index (Phi) is 7.41. The predicted molar refractivity (Wildman–Crippen MR) is 130 cm³/mol. The highest BCUT2D eigenvalue weighted by Gasteiger charge is 2.33. The number of piperidine rings is 1. The van der Waals surface area contributed by atoms with Crippen LogP contribution < -0.4 is 10.6 Å². The quantitative estimate of drug-likeness (QED) is 0.585. The van der Waals surface area contributed by atoms with E-state index in [4.69, 9.17) is 0 Å². The summed E-state index contributed by atoms with van der Waals surface area (Å²) in [7, 11) is -3.69. The monoisotopic (exact) mass is 487 g/mol. The maximum absolute atomic E-state index is 13.1. The van der Waals surface area contributed by atoms with E-state index in [-0.39, 0.29) is 27.9 Å². The van der Waals surface area contributed by atoms with Crippen molar-refractivity contribution in [3.63, 3.8) is 0 Å². The molecule has 2 amide bonds. The maximum atomic E-state index is 13.1. The van der Waals surface area contributed by atoms with Crippen LogP contribution in [0, 0.1) is 5.92 Å². The fourth-order valence-electron chi connectivity index (χ4n) is 4.15. The van der Waals surface area contributed by atoms with Crippen molar-refractivity contribution in [3.8, 4) is 0 Å². The lowest BCUT2D eigenvalue weighted by Crippen LogP contribution is -2.43. The molecule has 4 rings (SSSR count). The van der Waals surface area contributed by atoms with Crippen molar-refractivity contribution >= 4 is 39.3 Å².